The summed E-state index contributed by atoms with van der Waals surface area (Å²) in [7, 11) is 0. The van der Waals surface area contributed by atoms with Crippen LogP contribution in [0.15, 0.2) is 28.7 Å². The van der Waals surface area contributed by atoms with E-state index in [0.717, 1.165) is 30.3 Å². The first kappa shape index (κ1) is 17.6. The van der Waals surface area contributed by atoms with Crippen LogP contribution in [-0.2, 0) is 14.3 Å². The minimum atomic E-state index is -0.309. The molecule has 6 heteroatoms. The molecule has 0 N–H and O–H groups in total. The number of halogens is 1. The Balaban J connectivity index is 1.56. The number of benzene rings is 1. The number of hydrogen-bond acceptors (Lipinski definition) is 4. The molecule has 0 bridgehead atoms. The van der Waals surface area contributed by atoms with E-state index < -0.39 is 0 Å². The Morgan fingerprint density at radius 1 is 1.08 bits per heavy atom. The number of hydrogen-bond donors (Lipinski definition) is 0. The molecule has 0 aromatic heterocycles. The van der Waals surface area contributed by atoms with Gasteiger partial charge in [-0.15, -0.1) is 0 Å². The first-order valence-corrected chi connectivity index (χ1v) is 9.26. The molecule has 5 nitrogen and oxygen atoms in total. The summed E-state index contributed by atoms with van der Waals surface area (Å²) in [5, 5.41) is 0. The number of carbonyl (C=O) groups is 2. The van der Waals surface area contributed by atoms with E-state index >= 15 is 0 Å². The molecule has 2 saturated heterocycles. The lowest BCUT2D eigenvalue weighted by Gasteiger charge is -2.38. The first-order chi connectivity index (χ1) is 11.6. The number of nitrogens with zero attached hydrogens (tertiary/aromatic N) is 1. The molecule has 1 aromatic rings. The van der Waals surface area contributed by atoms with Crippen LogP contribution in [0.3, 0.4) is 0 Å². The highest BCUT2D eigenvalue weighted by molar-refractivity contribution is 9.10. The van der Waals surface area contributed by atoms with E-state index in [1.807, 2.05) is 17.0 Å². The number of likely N-dealkylation sites (tertiary alicyclic amines) is 1. The highest BCUT2D eigenvalue weighted by Crippen LogP contribution is 2.25. The van der Waals surface area contributed by atoms with Gasteiger partial charge < -0.3 is 14.4 Å². The van der Waals surface area contributed by atoms with Gasteiger partial charge in [0.1, 0.15) is 0 Å². The lowest BCUT2D eigenvalue weighted by Crippen LogP contribution is -2.50. The van der Waals surface area contributed by atoms with Crippen LogP contribution in [0.25, 0.3) is 0 Å². The molecule has 1 atom stereocenters. The van der Waals surface area contributed by atoms with Gasteiger partial charge >= 0.3 is 0 Å². The van der Waals surface area contributed by atoms with Crippen molar-refractivity contribution in [2.24, 2.45) is 0 Å². The maximum atomic E-state index is 12.6. The number of ether oxygens (including phenoxy) is 2. The van der Waals surface area contributed by atoms with E-state index in [0.29, 0.717) is 18.8 Å². The van der Waals surface area contributed by atoms with Crippen molar-refractivity contribution < 1.29 is 19.1 Å². The van der Waals surface area contributed by atoms with Crippen molar-refractivity contribution in [3.8, 4) is 0 Å². The highest BCUT2D eigenvalue weighted by atomic mass is 79.9. The second-order valence-corrected chi connectivity index (χ2v) is 7.11. The van der Waals surface area contributed by atoms with Crippen LogP contribution >= 0.6 is 15.9 Å². The van der Waals surface area contributed by atoms with Gasteiger partial charge in [0.25, 0.3) is 0 Å². The van der Waals surface area contributed by atoms with Gasteiger partial charge in [0.2, 0.25) is 5.91 Å². The van der Waals surface area contributed by atoms with Crippen LogP contribution in [0.5, 0.6) is 0 Å². The lowest BCUT2D eigenvalue weighted by atomic mass is 10.00. The minimum absolute atomic E-state index is 0.00206. The van der Waals surface area contributed by atoms with Crippen molar-refractivity contribution in [2.45, 2.75) is 44.4 Å². The summed E-state index contributed by atoms with van der Waals surface area (Å²) in [6.45, 7) is 1.90. The normalized spacial score (nSPS) is 21.9. The van der Waals surface area contributed by atoms with Crippen molar-refractivity contribution in [1.29, 1.82) is 0 Å². The Morgan fingerprint density at radius 3 is 2.50 bits per heavy atom. The molecular weight excluding hydrogens is 374 g/mol. The predicted octanol–water partition coefficient (Wildman–Crippen LogP) is 3.17. The largest absolute Gasteiger partial charge is 0.348 e. The van der Waals surface area contributed by atoms with E-state index in [4.69, 9.17) is 9.47 Å². The Morgan fingerprint density at radius 2 is 1.79 bits per heavy atom. The van der Waals surface area contributed by atoms with Gasteiger partial charge in [-0.3, -0.25) is 9.59 Å². The van der Waals surface area contributed by atoms with Crippen LogP contribution in [0, 0.1) is 0 Å². The number of amides is 1. The molecule has 0 spiro atoms. The van der Waals surface area contributed by atoms with Gasteiger partial charge in [0.05, 0.1) is 19.3 Å². The van der Waals surface area contributed by atoms with E-state index in [9.17, 15) is 9.59 Å². The Bertz CT molecular complexity index is 583. The standard InChI is InChI=1S/C18H22BrNO4/c19-14-6-4-13(5-7-14)16(21)8-9-17(22)20-10-2-1-3-15(20)18-23-11-12-24-18/h4-7,15,18H,1-3,8-12H2/t15-/m1/s1. The minimum Gasteiger partial charge on any atom is -0.348 e. The fourth-order valence-corrected chi connectivity index (χ4v) is 3.56. The summed E-state index contributed by atoms with van der Waals surface area (Å²) >= 11 is 3.35. The summed E-state index contributed by atoms with van der Waals surface area (Å²) in [5.41, 5.74) is 0.642. The second-order valence-electron chi connectivity index (χ2n) is 6.19. The third-order valence-corrected chi connectivity index (χ3v) is 5.09. The number of rotatable bonds is 5. The van der Waals surface area contributed by atoms with Gasteiger partial charge in [-0.05, 0) is 31.4 Å². The van der Waals surface area contributed by atoms with Gasteiger partial charge in [0, 0.05) is 29.4 Å². The van der Waals surface area contributed by atoms with Crippen molar-refractivity contribution in [1.82, 2.24) is 4.90 Å². The maximum Gasteiger partial charge on any atom is 0.223 e. The quantitative estimate of drug-likeness (QED) is 0.718. The van der Waals surface area contributed by atoms with Crippen molar-refractivity contribution in [3.05, 3.63) is 34.3 Å². The predicted molar refractivity (Wildman–Crippen MR) is 92.8 cm³/mol. The Kier molecular flexibility index (Phi) is 6.03. The molecule has 1 amide bonds. The third kappa shape index (κ3) is 4.23. The van der Waals surface area contributed by atoms with Gasteiger partial charge in [-0.2, -0.15) is 0 Å². The van der Waals surface area contributed by atoms with Crippen LogP contribution in [-0.4, -0.2) is 48.7 Å². The maximum absolute atomic E-state index is 12.6. The van der Waals surface area contributed by atoms with E-state index in [1.165, 1.54) is 0 Å². The molecule has 0 radical (unpaired) electrons. The van der Waals surface area contributed by atoms with Crippen LogP contribution in [0.2, 0.25) is 0 Å². The lowest BCUT2D eigenvalue weighted by molar-refractivity contribution is -0.150. The molecule has 2 fully saturated rings. The molecule has 0 unspecified atom stereocenters. The zero-order valence-corrected chi connectivity index (χ0v) is 15.2. The molecule has 130 valence electrons. The van der Waals surface area contributed by atoms with Crippen molar-refractivity contribution >= 4 is 27.6 Å². The Hall–Kier alpha value is -1.24. The van der Waals surface area contributed by atoms with Gasteiger partial charge in [-0.1, -0.05) is 28.1 Å². The molecule has 24 heavy (non-hydrogen) atoms. The number of Topliss-reactive ketones (excluding diaryl/α,β-unsaturated/α-hetero) is 1. The monoisotopic (exact) mass is 395 g/mol. The molecule has 2 aliphatic rings. The molecule has 0 aliphatic carbocycles. The molecule has 2 aliphatic heterocycles. The summed E-state index contributed by atoms with van der Waals surface area (Å²) in [6.07, 6.45) is 3.13. The number of piperidine rings is 1. The van der Waals surface area contributed by atoms with Crippen molar-refractivity contribution in [2.75, 3.05) is 19.8 Å². The van der Waals surface area contributed by atoms with Gasteiger partial charge in [0.15, 0.2) is 12.1 Å². The van der Waals surface area contributed by atoms with Gasteiger partial charge in [-0.25, -0.2) is 0 Å². The van der Waals surface area contributed by atoms with Crippen molar-refractivity contribution in [3.63, 3.8) is 0 Å². The number of ketones is 1. The molecule has 3 rings (SSSR count). The van der Waals surface area contributed by atoms with E-state index in [-0.39, 0.29) is 36.9 Å². The molecule has 0 saturated carbocycles. The summed E-state index contributed by atoms with van der Waals surface area (Å²) in [6, 6.07) is 7.22. The number of carbonyl (C=O) groups excluding carboxylic acids is 2. The van der Waals surface area contributed by atoms with Crippen LogP contribution in [0.4, 0.5) is 0 Å². The fraction of sp³-hybridized carbons (Fsp3) is 0.556. The molecular formula is C18H22BrNO4. The van der Waals surface area contributed by atoms with E-state index in [1.54, 1.807) is 12.1 Å². The summed E-state index contributed by atoms with van der Waals surface area (Å²) in [5.74, 6) is 0.0158. The smallest absolute Gasteiger partial charge is 0.223 e. The Labute approximate surface area is 150 Å². The average Bonchev–Trinajstić information content (AvgIpc) is 3.14. The highest BCUT2D eigenvalue weighted by Gasteiger charge is 2.36. The SMILES string of the molecule is O=C(CCC(=O)N1CCCC[C@@H]1C1OCCO1)c1ccc(Br)cc1. The first-order valence-electron chi connectivity index (χ1n) is 8.46. The topological polar surface area (TPSA) is 55.8 Å². The fourth-order valence-electron chi connectivity index (χ4n) is 3.29. The third-order valence-electron chi connectivity index (χ3n) is 4.56. The second kappa shape index (κ2) is 8.23. The van der Waals surface area contributed by atoms with E-state index in [2.05, 4.69) is 15.9 Å². The van der Waals surface area contributed by atoms with Crippen LogP contribution < -0.4 is 0 Å². The van der Waals surface area contributed by atoms with Crippen LogP contribution in [0.1, 0.15) is 42.5 Å². The average molecular weight is 396 g/mol. The zero-order chi connectivity index (χ0) is 16.9. The summed E-state index contributed by atoms with van der Waals surface area (Å²) in [4.78, 5) is 26.7. The zero-order valence-electron chi connectivity index (χ0n) is 13.6. The molecule has 1 aromatic carbocycles. The molecule has 2 heterocycles. The summed E-state index contributed by atoms with van der Waals surface area (Å²) < 4.78 is 12.1.